The molecule has 2 rings (SSSR count). The van der Waals surface area contributed by atoms with Gasteiger partial charge in [0.05, 0.1) is 17.9 Å². The molecule has 0 spiro atoms. The third kappa shape index (κ3) is 3.39. The van der Waals surface area contributed by atoms with Crippen LogP contribution in [-0.2, 0) is 21.1 Å². The molecule has 8 heteroatoms. The molecule has 1 aliphatic heterocycles. The zero-order valence-corrected chi connectivity index (χ0v) is 12.3. The third-order valence-electron chi connectivity index (χ3n) is 2.84. The maximum absolute atomic E-state index is 11.8. The standard InChI is InChI=1S/C10H14N2O3S3/c1-6-8(17-10(16)11-6)4-9(13)12-7-2-3-18(14,15)5-7/h7H,2-5H2,1H3,(H,11,16)(H,12,13). The van der Waals surface area contributed by atoms with Crippen LogP contribution >= 0.6 is 23.6 Å². The molecule has 0 aromatic carbocycles. The van der Waals surface area contributed by atoms with Gasteiger partial charge in [0.25, 0.3) is 0 Å². The Morgan fingerprint density at radius 1 is 1.61 bits per heavy atom. The fourth-order valence-corrected chi connectivity index (χ4v) is 4.90. The molecule has 2 N–H and O–H groups in total. The number of aryl methyl sites for hydroxylation is 1. The second kappa shape index (κ2) is 5.10. The van der Waals surface area contributed by atoms with E-state index in [0.29, 0.717) is 10.4 Å². The van der Waals surface area contributed by atoms with E-state index < -0.39 is 9.84 Å². The van der Waals surface area contributed by atoms with E-state index in [-0.39, 0.29) is 29.9 Å². The molecule has 0 radical (unpaired) electrons. The fourth-order valence-electron chi connectivity index (χ4n) is 1.94. The van der Waals surface area contributed by atoms with Crippen molar-refractivity contribution in [3.8, 4) is 0 Å². The highest BCUT2D eigenvalue weighted by molar-refractivity contribution is 7.91. The number of thiazole rings is 1. The summed E-state index contributed by atoms with van der Waals surface area (Å²) in [5, 5.41) is 2.76. The highest BCUT2D eigenvalue weighted by Gasteiger charge is 2.28. The van der Waals surface area contributed by atoms with E-state index in [9.17, 15) is 13.2 Å². The number of aromatic nitrogens is 1. The lowest BCUT2D eigenvalue weighted by Crippen LogP contribution is -2.36. The van der Waals surface area contributed by atoms with E-state index in [1.807, 2.05) is 6.92 Å². The number of carbonyl (C=O) groups is 1. The zero-order valence-electron chi connectivity index (χ0n) is 9.86. The smallest absolute Gasteiger partial charge is 0.225 e. The van der Waals surface area contributed by atoms with Crippen LogP contribution in [0.4, 0.5) is 0 Å². The fraction of sp³-hybridized carbons (Fsp3) is 0.600. The molecule has 1 saturated heterocycles. The first-order chi connectivity index (χ1) is 8.35. The molecule has 18 heavy (non-hydrogen) atoms. The van der Waals surface area contributed by atoms with Gasteiger partial charge in [-0.2, -0.15) is 0 Å². The van der Waals surface area contributed by atoms with Crippen molar-refractivity contribution in [1.29, 1.82) is 0 Å². The minimum absolute atomic E-state index is 0.0561. The lowest BCUT2D eigenvalue weighted by molar-refractivity contribution is -0.120. The lowest BCUT2D eigenvalue weighted by Gasteiger charge is -2.10. The Bertz CT molecular complexity index is 615. The number of nitrogens with one attached hydrogen (secondary N) is 2. The summed E-state index contributed by atoms with van der Waals surface area (Å²) in [5.74, 6) is 0.0751. The zero-order chi connectivity index (χ0) is 13.3. The molecule has 1 fully saturated rings. The first kappa shape index (κ1) is 13.7. The van der Waals surface area contributed by atoms with Gasteiger partial charge in [-0.15, -0.1) is 11.3 Å². The van der Waals surface area contributed by atoms with Crippen LogP contribution < -0.4 is 5.32 Å². The van der Waals surface area contributed by atoms with Crippen LogP contribution in [0.15, 0.2) is 0 Å². The van der Waals surface area contributed by atoms with Gasteiger partial charge in [0.1, 0.15) is 0 Å². The normalized spacial score (nSPS) is 21.9. The number of hydrogen-bond donors (Lipinski definition) is 2. The van der Waals surface area contributed by atoms with Crippen molar-refractivity contribution >= 4 is 39.3 Å². The van der Waals surface area contributed by atoms with Crippen LogP contribution in [0.2, 0.25) is 0 Å². The van der Waals surface area contributed by atoms with Gasteiger partial charge >= 0.3 is 0 Å². The minimum atomic E-state index is -2.95. The largest absolute Gasteiger partial charge is 0.352 e. The van der Waals surface area contributed by atoms with Crippen molar-refractivity contribution in [3.05, 3.63) is 14.5 Å². The molecule has 2 heterocycles. The molecule has 1 aromatic heterocycles. The predicted molar refractivity (Wildman–Crippen MR) is 73.1 cm³/mol. The summed E-state index contributed by atoms with van der Waals surface area (Å²) in [4.78, 5) is 15.7. The number of carbonyl (C=O) groups excluding carboxylic acids is 1. The van der Waals surface area contributed by atoms with Crippen LogP contribution in [0, 0.1) is 10.9 Å². The molecule has 1 aromatic rings. The second-order valence-electron chi connectivity index (χ2n) is 4.41. The predicted octanol–water partition coefficient (Wildman–Crippen LogP) is 0.960. The van der Waals surface area contributed by atoms with E-state index in [1.54, 1.807) is 0 Å². The molecule has 1 aliphatic rings. The van der Waals surface area contributed by atoms with Crippen LogP contribution in [0.25, 0.3) is 0 Å². The Labute approximate surface area is 115 Å². The van der Waals surface area contributed by atoms with E-state index in [0.717, 1.165) is 10.6 Å². The van der Waals surface area contributed by atoms with Crippen molar-refractivity contribution in [2.45, 2.75) is 25.8 Å². The summed E-state index contributed by atoms with van der Waals surface area (Å²) in [6.07, 6.45) is 0.760. The molecule has 0 bridgehead atoms. The summed E-state index contributed by atoms with van der Waals surface area (Å²) >= 11 is 6.38. The molecule has 1 atom stereocenters. The average Bonchev–Trinajstić information content (AvgIpc) is 2.70. The maximum Gasteiger partial charge on any atom is 0.225 e. The first-order valence-electron chi connectivity index (χ1n) is 5.54. The second-order valence-corrected chi connectivity index (χ2v) is 8.41. The van der Waals surface area contributed by atoms with Gasteiger partial charge in [-0.25, -0.2) is 8.42 Å². The molecule has 1 amide bonds. The average molecular weight is 306 g/mol. The van der Waals surface area contributed by atoms with Gasteiger partial charge in [0.2, 0.25) is 5.91 Å². The van der Waals surface area contributed by atoms with E-state index in [1.165, 1.54) is 11.3 Å². The molecular formula is C10H14N2O3S3. The number of sulfone groups is 1. The number of H-pyrrole nitrogens is 1. The lowest BCUT2D eigenvalue weighted by atomic mass is 10.2. The topological polar surface area (TPSA) is 79.0 Å². The van der Waals surface area contributed by atoms with Crippen molar-refractivity contribution in [3.63, 3.8) is 0 Å². The minimum Gasteiger partial charge on any atom is -0.352 e. The Hall–Kier alpha value is -0.730. The highest BCUT2D eigenvalue weighted by Crippen LogP contribution is 2.16. The first-order valence-corrected chi connectivity index (χ1v) is 8.59. The summed E-state index contributed by atoms with van der Waals surface area (Å²) in [5.41, 5.74) is 0.902. The Kier molecular flexibility index (Phi) is 3.88. The van der Waals surface area contributed by atoms with E-state index >= 15 is 0 Å². The van der Waals surface area contributed by atoms with Crippen molar-refractivity contribution < 1.29 is 13.2 Å². The van der Waals surface area contributed by atoms with Gasteiger partial charge in [-0.1, -0.05) is 0 Å². The van der Waals surface area contributed by atoms with Gasteiger partial charge in [0, 0.05) is 16.6 Å². The molecule has 100 valence electrons. The van der Waals surface area contributed by atoms with Gasteiger partial charge in [0.15, 0.2) is 13.8 Å². The maximum atomic E-state index is 11.8. The van der Waals surface area contributed by atoms with E-state index in [2.05, 4.69) is 10.3 Å². The molecule has 0 saturated carbocycles. The summed E-state index contributed by atoms with van der Waals surface area (Å²) in [6.45, 7) is 1.87. The van der Waals surface area contributed by atoms with Gasteiger partial charge < -0.3 is 10.3 Å². The van der Waals surface area contributed by atoms with Crippen molar-refractivity contribution in [2.24, 2.45) is 0 Å². The SMILES string of the molecule is Cc1[nH]c(=S)sc1CC(=O)NC1CCS(=O)(=O)C1. The Morgan fingerprint density at radius 3 is 2.83 bits per heavy atom. The quantitative estimate of drug-likeness (QED) is 0.815. The number of hydrogen-bond acceptors (Lipinski definition) is 5. The third-order valence-corrected chi connectivity index (χ3v) is 5.95. The van der Waals surface area contributed by atoms with Crippen molar-refractivity contribution in [1.82, 2.24) is 10.3 Å². The summed E-state index contributed by atoms with van der Waals surface area (Å²) in [7, 11) is -2.95. The van der Waals surface area contributed by atoms with Gasteiger partial charge in [-0.3, -0.25) is 4.79 Å². The Morgan fingerprint density at radius 2 is 2.33 bits per heavy atom. The molecule has 0 aliphatic carbocycles. The highest BCUT2D eigenvalue weighted by atomic mass is 32.2. The summed E-state index contributed by atoms with van der Waals surface area (Å²) < 4.78 is 23.2. The van der Waals surface area contributed by atoms with Crippen LogP contribution in [-0.4, -0.2) is 36.9 Å². The monoisotopic (exact) mass is 306 g/mol. The number of rotatable bonds is 3. The Balaban J connectivity index is 1.94. The molecule has 5 nitrogen and oxygen atoms in total. The number of amides is 1. The van der Waals surface area contributed by atoms with Crippen molar-refractivity contribution in [2.75, 3.05) is 11.5 Å². The van der Waals surface area contributed by atoms with Gasteiger partial charge in [-0.05, 0) is 25.6 Å². The summed E-state index contributed by atoms with van der Waals surface area (Å²) in [6, 6.07) is -0.241. The molecular weight excluding hydrogens is 292 g/mol. The molecule has 1 unspecified atom stereocenters. The number of aromatic amines is 1. The van der Waals surface area contributed by atoms with Crippen LogP contribution in [0.3, 0.4) is 0 Å². The van der Waals surface area contributed by atoms with Crippen LogP contribution in [0.5, 0.6) is 0 Å². The van der Waals surface area contributed by atoms with Crippen LogP contribution in [0.1, 0.15) is 17.0 Å². The van der Waals surface area contributed by atoms with E-state index in [4.69, 9.17) is 12.2 Å².